The summed E-state index contributed by atoms with van der Waals surface area (Å²) in [5.41, 5.74) is 0.340. The van der Waals surface area contributed by atoms with Crippen LogP contribution in [0.25, 0.3) is 0 Å². The number of nitrogens with one attached hydrogen (secondary N) is 1. The van der Waals surface area contributed by atoms with Gasteiger partial charge in [-0.25, -0.2) is 0 Å². The molecule has 1 N–H and O–H groups in total. The average Bonchev–Trinajstić information content (AvgIpc) is 2.38. The Labute approximate surface area is 67.9 Å². The summed E-state index contributed by atoms with van der Waals surface area (Å²) < 4.78 is 4.79. The molecule has 1 atom stereocenters. The summed E-state index contributed by atoms with van der Waals surface area (Å²) in [5, 5.41) is 7.29. The highest BCUT2D eigenvalue weighted by atomic mass is 35.5. The first-order valence-corrected chi connectivity index (χ1v) is 3.20. The van der Waals surface area contributed by atoms with Crippen LogP contribution >= 0.6 is 12.4 Å². The van der Waals surface area contributed by atoms with Crippen molar-refractivity contribution in [2.45, 2.75) is 20.3 Å². The smallest absolute Gasteiger partial charge is 0.183 e. The maximum absolute atomic E-state index is 7.29. The van der Waals surface area contributed by atoms with Gasteiger partial charge in [-0.05, 0) is 11.8 Å². The van der Waals surface area contributed by atoms with Gasteiger partial charge in [0.2, 0.25) is 0 Å². The third-order valence-electron chi connectivity index (χ3n) is 2.05. The van der Waals surface area contributed by atoms with E-state index in [9.17, 15) is 0 Å². The van der Waals surface area contributed by atoms with Crippen LogP contribution in [-0.2, 0) is 4.74 Å². The molecule has 0 aromatic carbocycles. The van der Waals surface area contributed by atoms with Crippen LogP contribution in [-0.4, -0.2) is 13.0 Å². The molecule has 0 aliphatic heterocycles. The summed E-state index contributed by atoms with van der Waals surface area (Å²) in [6.07, 6.45) is 1.11. The van der Waals surface area contributed by atoms with Gasteiger partial charge < -0.3 is 4.74 Å². The van der Waals surface area contributed by atoms with Crippen LogP contribution in [0.5, 0.6) is 0 Å². The summed E-state index contributed by atoms with van der Waals surface area (Å²) >= 11 is 0. The van der Waals surface area contributed by atoms with Gasteiger partial charge >= 0.3 is 0 Å². The zero-order valence-corrected chi connectivity index (χ0v) is 7.42. The lowest BCUT2D eigenvalue weighted by molar-refractivity contribution is 0.373. The van der Waals surface area contributed by atoms with Crippen LogP contribution in [0.15, 0.2) is 0 Å². The predicted octanol–water partition coefficient (Wildman–Crippen LogP) is 2.08. The van der Waals surface area contributed by atoms with Crippen molar-refractivity contribution < 1.29 is 4.74 Å². The molecule has 2 nitrogen and oxygen atoms in total. The van der Waals surface area contributed by atoms with Crippen LogP contribution in [0.1, 0.15) is 20.3 Å². The number of methoxy groups -OCH3 is 1. The molecule has 0 heterocycles. The highest BCUT2D eigenvalue weighted by molar-refractivity contribution is 5.85. The zero-order chi connectivity index (χ0) is 7.07. The highest BCUT2D eigenvalue weighted by Crippen LogP contribution is 2.52. The minimum Gasteiger partial charge on any atom is -0.484 e. The van der Waals surface area contributed by atoms with Crippen molar-refractivity contribution in [3.05, 3.63) is 0 Å². The lowest BCUT2D eigenvalue weighted by Crippen LogP contribution is -2.05. The molecule has 0 bridgehead atoms. The van der Waals surface area contributed by atoms with Gasteiger partial charge in [-0.2, -0.15) is 0 Å². The van der Waals surface area contributed by atoms with Crippen molar-refractivity contribution >= 4 is 18.3 Å². The Bertz CT molecular complexity index is 145. The van der Waals surface area contributed by atoms with Crippen molar-refractivity contribution in [1.82, 2.24) is 0 Å². The molecule has 0 amide bonds. The van der Waals surface area contributed by atoms with Crippen LogP contribution in [0.2, 0.25) is 0 Å². The first-order valence-electron chi connectivity index (χ1n) is 3.20. The molecule has 0 aromatic rings. The molecule has 1 rings (SSSR count). The Balaban J connectivity index is 0.000000810. The third-order valence-corrected chi connectivity index (χ3v) is 2.05. The van der Waals surface area contributed by atoms with E-state index in [1.54, 1.807) is 7.11 Å². The normalized spacial score (nSPS) is 26.5. The number of ether oxygens (including phenoxy) is 1. The average molecular weight is 164 g/mol. The number of rotatable bonds is 1. The van der Waals surface area contributed by atoms with E-state index in [1.807, 2.05) is 0 Å². The zero-order valence-electron chi connectivity index (χ0n) is 6.60. The minimum absolute atomic E-state index is 0. The summed E-state index contributed by atoms with van der Waals surface area (Å²) in [7, 11) is 1.57. The second kappa shape index (κ2) is 2.79. The van der Waals surface area contributed by atoms with Gasteiger partial charge in [0.05, 0.1) is 7.11 Å². The number of hydrogen-bond acceptors (Lipinski definition) is 2. The molecule has 10 heavy (non-hydrogen) atoms. The topological polar surface area (TPSA) is 33.1 Å². The van der Waals surface area contributed by atoms with Gasteiger partial charge in [0.25, 0.3) is 0 Å². The largest absolute Gasteiger partial charge is 0.484 e. The predicted molar refractivity (Wildman–Crippen MR) is 43.9 cm³/mol. The quantitative estimate of drug-likeness (QED) is 0.466. The van der Waals surface area contributed by atoms with Crippen molar-refractivity contribution in [2.24, 2.45) is 11.3 Å². The fourth-order valence-electron chi connectivity index (χ4n) is 1.06. The molecule has 3 heteroatoms. The van der Waals surface area contributed by atoms with Crippen LogP contribution in [0.4, 0.5) is 0 Å². The van der Waals surface area contributed by atoms with E-state index in [-0.39, 0.29) is 12.4 Å². The van der Waals surface area contributed by atoms with Crippen molar-refractivity contribution in [3.63, 3.8) is 0 Å². The molecule has 0 saturated heterocycles. The molecule has 1 unspecified atom stereocenters. The van der Waals surface area contributed by atoms with E-state index in [0.29, 0.717) is 17.2 Å². The van der Waals surface area contributed by atoms with Gasteiger partial charge in [0.1, 0.15) is 0 Å². The van der Waals surface area contributed by atoms with Gasteiger partial charge in [0, 0.05) is 5.92 Å². The summed E-state index contributed by atoms with van der Waals surface area (Å²) in [4.78, 5) is 0. The standard InChI is InChI=1S/C7H13NO.ClH/c1-7(2)4-5(7)6(8)9-3;/h5,8H,4H2,1-3H3;1H. The lowest BCUT2D eigenvalue weighted by atomic mass is 10.1. The van der Waals surface area contributed by atoms with E-state index >= 15 is 0 Å². The van der Waals surface area contributed by atoms with E-state index < -0.39 is 0 Å². The molecule has 0 radical (unpaired) electrons. The van der Waals surface area contributed by atoms with Crippen LogP contribution in [0.3, 0.4) is 0 Å². The Morgan fingerprint density at radius 1 is 1.60 bits per heavy atom. The van der Waals surface area contributed by atoms with E-state index in [1.165, 1.54) is 0 Å². The Hall–Kier alpha value is -0.240. The molecule has 0 spiro atoms. The Morgan fingerprint density at radius 2 is 2.00 bits per heavy atom. The lowest BCUT2D eigenvalue weighted by Gasteiger charge is -2.02. The first-order chi connectivity index (χ1) is 4.08. The van der Waals surface area contributed by atoms with Gasteiger partial charge in [-0.3, -0.25) is 5.41 Å². The highest BCUT2D eigenvalue weighted by Gasteiger charge is 2.49. The SMILES string of the molecule is COC(=N)C1CC1(C)C.Cl. The van der Waals surface area contributed by atoms with Crippen LogP contribution < -0.4 is 0 Å². The fourth-order valence-corrected chi connectivity index (χ4v) is 1.06. The molecule has 1 aliphatic carbocycles. The van der Waals surface area contributed by atoms with Gasteiger partial charge in [-0.15, -0.1) is 12.4 Å². The summed E-state index contributed by atoms with van der Waals surface area (Å²) in [5.74, 6) is 0.836. The number of hydrogen-bond donors (Lipinski definition) is 1. The van der Waals surface area contributed by atoms with Gasteiger partial charge in [0.15, 0.2) is 5.90 Å². The van der Waals surface area contributed by atoms with E-state index in [0.717, 1.165) is 6.42 Å². The monoisotopic (exact) mass is 163 g/mol. The Kier molecular flexibility index (Phi) is 2.72. The van der Waals surface area contributed by atoms with Crippen molar-refractivity contribution in [1.29, 1.82) is 5.41 Å². The molecule has 1 saturated carbocycles. The maximum Gasteiger partial charge on any atom is 0.183 e. The molecule has 1 fully saturated rings. The maximum atomic E-state index is 7.29. The number of halogens is 1. The molecule has 0 aromatic heterocycles. The van der Waals surface area contributed by atoms with E-state index in [4.69, 9.17) is 10.1 Å². The minimum atomic E-state index is 0. The molecule has 60 valence electrons. The molecular weight excluding hydrogens is 150 g/mol. The van der Waals surface area contributed by atoms with Gasteiger partial charge in [-0.1, -0.05) is 13.8 Å². The van der Waals surface area contributed by atoms with Crippen molar-refractivity contribution in [2.75, 3.05) is 7.11 Å². The van der Waals surface area contributed by atoms with E-state index in [2.05, 4.69) is 13.8 Å². The second-order valence-electron chi connectivity index (χ2n) is 3.31. The van der Waals surface area contributed by atoms with Crippen LogP contribution in [0, 0.1) is 16.7 Å². The molecule has 1 aliphatic rings. The third kappa shape index (κ3) is 1.63. The summed E-state index contributed by atoms with van der Waals surface area (Å²) in [6.45, 7) is 4.32. The molecular formula is C7H14ClNO. The summed E-state index contributed by atoms with van der Waals surface area (Å²) in [6, 6.07) is 0. The van der Waals surface area contributed by atoms with Crippen molar-refractivity contribution in [3.8, 4) is 0 Å². The fraction of sp³-hybridized carbons (Fsp3) is 0.857. The first kappa shape index (κ1) is 9.76. The Morgan fingerprint density at radius 3 is 2.10 bits per heavy atom. The second-order valence-corrected chi connectivity index (χ2v) is 3.31.